The Morgan fingerprint density at radius 1 is 0.810 bits per heavy atom. The second-order valence-corrected chi connectivity index (χ2v) is 4.89. The van der Waals surface area contributed by atoms with E-state index in [0.717, 1.165) is 33.8 Å². The maximum atomic E-state index is 7.11. The SMILES string of the molecule is COc1ccc(/N=N/c2cc(C)c(N=N)cc2C)c(C)c1. The third kappa shape index (κ3) is 3.31. The summed E-state index contributed by atoms with van der Waals surface area (Å²) in [5, 5.41) is 12.1. The normalized spacial score (nSPS) is 10.9. The van der Waals surface area contributed by atoms with E-state index in [9.17, 15) is 0 Å². The molecule has 0 saturated heterocycles. The fourth-order valence-corrected chi connectivity index (χ4v) is 1.99. The van der Waals surface area contributed by atoms with Crippen molar-refractivity contribution >= 4 is 17.1 Å². The number of azo groups is 1. The first kappa shape index (κ1) is 14.8. The second-order valence-electron chi connectivity index (χ2n) is 4.89. The van der Waals surface area contributed by atoms with Gasteiger partial charge in [-0.15, -0.1) is 0 Å². The first-order valence-corrected chi connectivity index (χ1v) is 6.60. The summed E-state index contributed by atoms with van der Waals surface area (Å²) >= 11 is 0. The number of rotatable bonds is 4. The summed E-state index contributed by atoms with van der Waals surface area (Å²) in [4.78, 5) is 0. The molecule has 5 heteroatoms. The van der Waals surface area contributed by atoms with Gasteiger partial charge in [0.25, 0.3) is 0 Å². The molecule has 108 valence electrons. The molecule has 5 nitrogen and oxygen atoms in total. The van der Waals surface area contributed by atoms with Crippen molar-refractivity contribution in [3.8, 4) is 5.75 Å². The molecule has 0 atom stereocenters. The zero-order chi connectivity index (χ0) is 15.4. The van der Waals surface area contributed by atoms with Gasteiger partial charge in [0.2, 0.25) is 0 Å². The Labute approximate surface area is 124 Å². The van der Waals surface area contributed by atoms with Gasteiger partial charge in [-0.2, -0.15) is 15.3 Å². The van der Waals surface area contributed by atoms with Crippen LogP contribution < -0.4 is 4.74 Å². The molecule has 0 aliphatic heterocycles. The van der Waals surface area contributed by atoms with E-state index in [1.807, 2.05) is 51.1 Å². The molecular formula is C16H18N4O. The molecule has 2 rings (SSSR count). The van der Waals surface area contributed by atoms with E-state index in [2.05, 4.69) is 15.3 Å². The topological polar surface area (TPSA) is 70.2 Å². The summed E-state index contributed by atoms with van der Waals surface area (Å²) in [6.07, 6.45) is 0. The van der Waals surface area contributed by atoms with Gasteiger partial charge < -0.3 is 4.74 Å². The van der Waals surface area contributed by atoms with E-state index in [1.165, 1.54) is 0 Å². The van der Waals surface area contributed by atoms with Gasteiger partial charge in [0.05, 0.1) is 24.2 Å². The molecule has 0 radical (unpaired) electrons. The van der Waals surface area contributed by atoms with Crippen molar-refractivity contribution < 1.29 is 4.74 Å². The Morgan fingerprint density at radius 2 is 1.38 bits per heavy atom. The summed E-state index contributed by atoms with van der Waals surface area (Å²) in [7, 11) is 1.64. The lowest BCUT2D eigenvalue weighted by Crippen LogP contribution is -1.83. The first-order valence-electron chi connectivity index (χ1n) is 6.60. The molecule has 21 heavy (non-hydrogen) atoms. The lowest BCUT2D eigenvalue weighted by molar-refractivity contribution is 0.414. The average Bonchev–Trinajstić information content (AvgIpc) is 2.48. The zero-order valence-electron chi connectivity index (χ0n) is 12.6. The molecule has 0 unspecified atom stereocenters. The van der Waals surface area contributed by atoms with Crippen LogP contribution in [0, 0.1) is 26.3 Å². The van der Waals surface area contributed by atoms with Crippen LogP contribution in [0.4, 0.5) is 17.1 Å². The van der Waals surface area contributed by atoms with Gasteiger partial charge in [-0.25, -0.2) is 5.53 Å². The highest BCUT2D eigenvalue weighted by Crippen LogP contribution is 2.30. The molecule has 0 saturated carbocycles. The van der Waals surface area contributed by atoms with E-state index in [-0.39, 0.29) is 0 Å². The third-order valence-corrected chi connectivity index (χ3v) is 3.30. The second kappa shape index (κ2) is 6.26. The molecular weight excluding hydrogens is 264 g/mol. The van der Waals surface area contributed by atoms with E-state index in [1.54, 1.807) is 7.11 Å². The lowest BCUT2D eigenvalue weighted by Gasteiger charge is -2.05. The van der Waals surface area contributed by atoms with Gasteiger partial charge >= 0.3 is 0 Å². The van der Waals surface area contributed by atoms with Gasteiger partial charge in [-0.3, -0.25) is 0 Å². The van der Waals surface area contributed by atoms with Crippen LogP contribution in [0.1, 0.15) is 16.7 Å². The molecule has 1 N–H and O–H groups in total. The van der Waals surface area contributed by atoms with Gasteiger partial charge in [-0.05, 0) is 67.8 Å². The smallest absolute Gasteiger partial charge is 0.119 e. The quantitative estimate of drug-likeness (QED) is 0.718. The van der Waals surface area contributed by atoms with Crippen LogP contribution in [0.15, 0.2) is 45.7 Å². The molecule has 2 aromatic carbocycles. The average molecular weight is 282 g/mol. The van der Waals surface area contributed by atoms with Crippen molar-refractivity contribution in [2.75, 3.05) is 7.11 Å². The van der Waals surface area contributed by atoms with Crippen molar-refractivity contribution in [2.45, 2.75) is 20.8 Å². The van der Waals surface area contributed by atoms with Crippen LogP contribution in [0.3, 0.4) is 0 Å². The Balaban J connectivity index is 2.33. The van der Waals surface area contributed by atoms with Crippen LogP contribution in [0.5, 0.6) is 5.75 Å². The number of ether oxygens (including phenoxy) is 1. The molecule has 0 heterocycles. The predicted molar refractivity (Wildman–Crippen MR) is 82.6 cm³/mol. The highest BCUT2D eigenvalue weighted by atomic mass is 16.5. The summed E-state index contributed by atoms with van der Waals surface area (Å²) in [6, 6.07) is 9.41. The van der Waals surface area contributed by atoms with Crippen LogP contribution in [0.2, 0.25) is 0 Å². The standard InChI is InChI=1S/C16H18N4O/c1-10-7-13(21-4)5-6-14(10)19-20-16-9-11(2)15(18-17)8-12(16)3/h5-9,17H,1-4H3/b18-17?,20-19+. The summed E-state index contributed by atoms with van der Waals surface area (Å²) < 4.78 is 5.17. The molecule has 2 aromatic rings. The molecule has 0 fully saturated rings. The van der Waals surface area contributed by atoms with Crippen molar-refractivity contribution in [3.63, 3.8) is 0 Å². The number of nitrogens with one attached hydrogen (secondary N) is 1. The van der Waals surface area contributed by atoms with Gasteiger partial charge in [0, 0.05) is 0 Å². The fourth-order valence-electron chi connectivity index (χ4n) is 1.99. The van der Waals surface area contributed by atoms with Gasteiger partial charge in [-0.1, -0.05) is 0 Å². The van der Waals surface area contributed by atoms with Crippen LogP contribution in [-0.2, 0) is 0 Å². The minimum atomic E-state index is 0.659. The van der Waals surface area contributed by atoms with Crippen molar-refractivity contribution in [1.29, 1.82) is 5.53 Å². The third-order valence-electron chi connectivity index (χ3n) is 3.30. The number of methoxy groups -OCH3 is 1. The van der Waals surface area contributed by atoms with Crippen molar-refractivity contribution in [3.05, 3.63) is 47.0 Å². The number of aryl methyl sites for hydroxylation is 3. The van der Waals surface area contributed by atoms with Crippen molar-refractivity contribution in [1.82, 2.24) is 0 Å². The van der Waals surface area contributed by atoms with Crippen LogP contribution >= 0.6 is 0 Å². The zero-order valence-corrected chi connectivity index (χ0v) is 12.6. The summed E-state index contributed by atoms with van der Waals surface area (Å²) in [6.45, 7) is 5.81. The highest BCUT2D eigenvalue weighted by Gasteiger charge is 2.04. The van der Waals surface area contributed by atoms with Crippen LogP contribution in [0.25, 0.3) is 0 Å². The molecule has 0 spiro atoms. The van der Waals surface area contributed by atoms with Gasteiger partial charge in [0.1, 0.15) is 5.75 Å². The first-order chi connectivity index (χ1) is 10.0. The Hall–Kier alpha value is -2.56. The minimum Gasteiger partial charge on any atom is -0.497 e. The number of benzene rings is 2. The maximum Gasteiger partial charge on any atom is 0.119 e. The summed E-state index contributed by atoms with van der Waals surface area (Å²) in [5.41, 5.74) is 12.2. The molecule has 0 aliphatic rings. The van der Waals surface area contributed by atoms with E-state index < -0.39 is 0 Å². The minimum absolute atomic E-state index is 0.659. The Kier molecular flexibility index (Phi) is 4.42. The monoisotopic (exact) mass is 282 g/mol. The van der Waals surface area contributed by atoms with Gasteiger partial charge in [0.15, 0.2) is 0 Å². The van der Waals surface area contributed by atoms with E-state index in [4.69, 9.17) is 10.3 Å². The van der Waals surface area contributed by atoms with E-state index >= 15 is 0 Å². The molecule has 0 aliphatic carbocycles. The molecule has 0 amide bonds. The highest BCUT2D eigenvalue weighted by molar-refractivity contribution is 5.58. The Bertz CT molecular complexity index is 708. The fraction of sp³-hybridized carbons (Fsp3) is 0.250. The lowest BCUT2D eigenvalue weighted by atomic mass is 10.1. The summed E-state index contributed by atoms with van der Waals surface area (Å²) in [5.74, 6) is 0.805. The number of hydrogen-bond acceptors (Lipinski definition) is 5. The molecule has 0 aromatic heterocycles. The molecule has 0 bridgehead atoms. The largest absolute Gasteiger partial charge is 0.497 e. The Morgan fingerprint density at radius 3 is 2.00 bits per heavy atom. The van der Waals surface area contributed by atoms with Crippen molar-refractivity contribution in [2.24, 2.45) is 15.3 Å². The maximum absolute atomic E-state index is 7.11. The predicted octanol–water partition coefficient (Wildman–Crippen LogP) is 5.70. The van der Waals surface area contributed by atoms with E-state index in [0.29, 0.717) is 5.69 Å². The van der Waals surface area contributed by atoms with Crippen LogP contribution in [-0.4, -0.2) is 7.11 Å². The number of hydrogen-bond donors (Lipinski definition) is 1. The number of nitrogens with zero attached hydrogens (tertiary/aromatic N) is 3.